The van der Waals surface area contributed by atoms with Gasteiger partial charge in [-0.2, -0.15) is 5.48 Å². The van der Waals surface area contributed by atoms with Crippen LogP contribution in [0, 0.1) is 0 Å². The van der Waals surface area contributed by atoms with Gasteiger partial charge in [-0.05, 0) is 12.1 Å². The summed E-state index contributed by atoms with van der Waals surface area (Å²) in [6, 6.07) is 6.00. The van der Waals surface area contributed by atoms with Crippen LogP contribution in [0.15, 0.2) is 24.3 Å². The molecular weight excluding hydrogens is 188 g/mol. The molecule has 0 atom stereocenters. The lowest BCUT2D eigenvalue weighted by Crippen LogP contribution is -2.17. The number of hydrogen-bond acceptors (Lipinski definition) is 4. The van der Waals surface area contributed by atoms with Crippen molar-refractivity contribution in [2.24, 2.45) is 0 Å². The lowest BCUT2D eigenvalue weighted by molar-refractivity contribution is -0.115. The molecule has 0 spiro atoms. The first-order valence-corrected chi connectivity index (χ1v) is 3.44. The van der Waals surface area contributed by atoms with Gasteiger partial charge < -0.3 is 16.1 Å². The van der Waals surface area contributed by atoms with Gasteiger partial charge in [0, 0.05) is 0 Å². The topological polar surface area (TPSA) is 111 Å². The molecule has 76 valence electrons. The third-order valence-corrected chi connectivity index (χ3v) is 1.33. The van der Waals surface area contributed by atoms with E-state index in [0.29, 0.717) is 6.41 Å². The third kappa shape index (κ3) is 2.76. The molecule has 6 nitrogen and oxygen atoms in total. The smallest absolute Gasteiger partial charge is 0.339 e. The number of amides is 1. The molecule has 1 rings (SSSR count). The Bertz CT molecular complexity index is 327. The van der Waals surface area contributed by atoms with Crippen LogP contribution in [0.3, 0.4) is 0 Å². The minimum Gasteiger partial charge on any atom is -0.478 e. The van der Waals surface area contributed by atoms with Crippen molar-refractivity contribution in [1.29, 1.82) is 0 Å². The monoisotopic (exact) mass is 198 g/mol. The number of carbonyl (C=O) groups is 2. The molecule has 0 aliphatic heterocycles. The zero-order chi connectivity index (χ0) is 9.68. The quantitative estimate of drug-likeness (QED) is 0.484. The van der Waals surface area contributed by atoms with E-state index in [4.69, 9.17) is 5.11 Å². The predicted molar refractivity (Wildman–Crippen MR) is 48.3 cm³/mol. The van der Waals surface area contributed by atoms with E-state index in [2.05, 4.69) is 4.84 Å². The van der Waals surface area contributed by atoms with E-state index in [-0.39, 0.29) is 17.5 Å². The zero-order valence-electron chi connectivity index (χ0n) is 7.27. The van der Waals surface area contributed by atoms with E-state index < -0.39 is 5.97 Å². The fourth-order valence-electron chi connectivity index (χ4n) is 0.820. The van der Waals surface area contributed by atoms with Crippen molar-refractivity contribution in [2.75, 3.05) is 0 Å². The Morgan fingerprint density at radius 3 is 2.64 bits per heavy atom. The van der Waals surface area contributed by atoms with Crippen molar-refractivity contribution < 1.29 is 19.5 Å². The number of hydrogen-bond donors (Lipinski definition) is 3. The summed E-state index contributed by atoms with van der Waals surface area (Å²) < 4.78 is 0. The van der Waals surface area contributed by atoms with Gasteiger partial charge in [0.15, 0.2) is 5.75 Å². The average molecular weight is 198 g/mol. The Hall–Kier alpha value is -2.08. The van der Waals surface area contributed by atoms with Crippen LogP contribution in [-0.4, -0.2) is 17.5 Å². The van der Waals surface area contributed by atoms with Gasteiger partial charge in [0.1, 0.15) is 5.56 Å². The highest BCUT2D eigenvalue weighted by molar-refractivity contribution is 5.90. The Morgan fingerprint density at radius 1 is 1.43 bits per heavy atom. The summed E-state index contributed by atoms with van der Waals surface area (Å²) in [6.07, 6.45) is 0.318. The van der Waals surface area contributed by atoms with E-state index in [1.54, 1.807) is 12.1 Å². The maximum absolute atomic E-state index is 10.6. The first kappa shape index (κ1) is 11.9. The largest absolute Gasteiger partial charge is 0.478 e. The number of benzene rings is 1. The molecule has 1 amide bonds. The molecule has 0 aliphatic carbocycles. The van der Waals surface area contributed by atoms with Crippen molar-refractivity contribution in [3.05, 3.63) is 29.8 Å². The number of aromatic carboxylic acids is 1. The van der Waals surface area contributed by atoms with Crippen molar-refractivity contribution >= 4 is 12.4 Å². The molecule has 0 aliphatic rings. The van der Waals surface area contributed by atoms with Crippen molar-refractivity contribution in [2.45, 2.75) is 0 Å². The number of carbonyl (C=O) groups excluding carboxylic acids is 1. The van der Waals surface area contributed by atoms with Crippen LogP contribution in [0.5, 0.6) is 5.75 Å². The number of hydroxylamine groups is 1. The molecule has 0 bridgehead atoms. The second-order valence-electron chi connectivity index (χ2n) is 2.14. The molecule has 1 aromatic rings. The van der Waals surface area contributed by atoms with Gasteiger partial charge in [-0.3, -0.25) is 4.79 Å². The number of nitrogens with one attached hydrogen (secondary N) is 1. The molecule has 0 heterocycles. The fourth-order valence-corrected chi connectivity index (χ4v) is 0.820. The number of carboxylic acid groups (broad SMARTS) is 1. The van der Waals surface area contributed by atoms with Crippen LogP contribution >= 0.6 is 0 Å². The highest BCUT2D eigenvalue weighted by Gasteiger charge is 2.09. The first-order valence-electron chi connectivity index (χ1n) is 3.44. The maximum Gasteiger partial charge on any atom is 0.339 e. The third-order valence-electron chi connectivity index (χ3n) is 1.33. The summed E-state index contributed by atoms with van der Waals surface area (Å²) in [5, 5.41) is 8.67. The molecule has 0 radical (unpaired) electrons. The summed E-state index contributed by atoms with van der Waals surface area (Å²) in [6.45, 7) is 0. The predicted octanol–water partition coefficient (Wildman–Crippen LogP) is 0.587. The summed E-state index contributed by atoms with van der Waals surface area (Å²) in [5.41, 5.74) is 1.91. The summed E-state index contributed by atoms with van der Waals surface area (Å²) in [5.74, 6) is -1.01. The molecule has 5 N–H and O–H groups in total. The molecule has 0 unspecified atom stereocenters. The molecule has 1 aromatic carbocycles. The molecule has 6 heteroatoms. The highest BCUT2D eigenvalue weighted by atomic mass is 16.7. The Kier molecular flexibility index (Phi) is 4.72. The van der Waals surface area contributed by atoms with Crippen molar-refractivity contribution in [3.63, 3.8) is 0 Å². The number of carboxylic acids is 1. The molecule has 0 saturated heterocycles. The van der Waals surface area contributed by atoms with Crippen LogP contribution in [0.2, 0.25) is 0 Å². The second-order valence-corrected chi connectivity index (χ2v) is 2.14. The van der Waals surface area contributed by atoms with Gasteiger partial charge in [0.05, 0.1) is 0 Å². The van der Waals surface area contributed by atoms with Crippen LogP contribution in [0.4, 0.5) is 0 Å². The first-order chi connectivity index (χ1) is 6.25. The van der Waals surface area contributed by atoms with Gasteiger partial charge in [0.2, 0.25) is 6.41 Å². The van der Waals surface area contributed by atoms with Crippen LogP contribution < -0.4 is 16.5 Å². The van der Waals surface area contributed by atoms with E-state index in [0.717, 1.165) is 0 Å². The summed E-state index contributed by atoms with van der Waals surface area (Å²) in [4.78, 5) is 25.1. The summed E-state index contributed by atoms with van der Waals surface area (Å²) >= 11 is 0. The lowest BCUT2D eigenvalue weighted by atomic mass is 10.2. The van der Waals surface area contributed by atoms with Crippen molar-refractivity contribution in [3.8, 4) is 5.75 Å². The summed E-state index contributed by atoms with van der Waals surface area (Å²) in [7, 11) is 0. The van der Waals surface area contributed by atoms with Gasteiger partial charge in [0.25, 0.3) is 0 Å². The molecule has 0 fully saturated rings. The van der Waals surface area contributed by atoms with Crippen molar-refractivity contribution in [1.82, 2.24) is 11.6 Å². The normalized spacial score (nSPS) is 8.29. The van der Waals surface area contributed by atoms with Crippen LogP contribution in [-0.2, 0) is 4.79 Å². The van der Waals surface area contributed by atoms with Gasteiger partial charge >= 0.3 is 5.97 Å². The van der Waals surface area contributed by atoms with E-state index in [9.17, 15) is 9.59 Å². The minimum absolute atomic E-state index is 0. The fraction of sp³-hybridized carbons (Fsp3) is 0. The molecule has 0 aromatic heterocycles. The van der Waals surface area contributed by atoms with Gasteiger partial charge in [-0.25, -0.2) is 4.79 Å². The lowest BCUT2D eigenvalue weighted by Gasteiger charge is -2.04. The SMILES string of the molecule is N.O=CNOc1ccccc1C(=O)O. The average Bonchev–Trinajstić information content (AvgIpc) is 2.15. The molecule has 0 saturated carbocycles. The standard InChI is InChI=1S/C8H7NO4.H3N/c10-5-9-13-7-4-2-1-3-6(7)8(11)12;/h1-5H,(H,9,10)(H,11,12);1H3. The Labute approximate surface area is 80.0 Å². The van der Waals surface area contributed by atoms with Crippen LogP contribution in [0.1, 0.15) is 10.4 Å². The number of para-hydroxylation sites is 1. The molecule has 14 heavy (non-hydrogen) atoms. The second kappa shape index (κ2) is 5.55. The van der Waals surface area contributed by atoms with E-state index in [1.165, 1.54) is 12.1 Å². The molecular formula is C8H10N2O4. The maximum atomic E-state index is 10.6. The van der Waals surface area contributed by atoms with E-state index in [1.807, 2.05) is 5.48 Å². The minimum atomic E-state index is -1.11. The number of rotatable bonds is 4. The van der Waals surface area contributed by atoms with Gasteiger partial charge in [-0.1, -0.05) is 12.1 Å². The Balaban J connectivity index is 0.00000169. The van der Waals surface area contributed by atoms with Crippen LogP contribution in [0.25, 0.3) is 0 Å². The highest BCUT2D eigenvalue weighted by Crippen LogP contribution is 2.16. The zero-order valence-corrected chi connectivity index (χ0v) is 7.27. The van der Waals surface area contributed by atoms with E-state index >= 15 is 0 Å². The Morgan fingerprint density at radius 2 is 2.07 bits per heavy atom. The van der Waals surface area contributed by atoms with Gasteiger partial charge in [-0.15, -0.1) is 0 Å².